The van der Waals surface area contributed by atoms with Gasteiger partial charge < -0.3 is 10.3 Å². The zero-order chi connectivity index (χ0) is 22.8. The van der Waals surface area contributed by atoms with Crippen LogP contribution >= 0.6 is 23.8 Å². The third kappa shape index (κ3) is 4.41. The number of aromatic nitrogens is 3. The van der Waals surface area contributed by atoms with Gasteiger partial charge in [0.15, 0.2) is 5.11 Å². The first-order chi connectivity index (χ1) is 16.1. The number of imidazole rings is 1. The molecule has 2 heterocycles. The molecule has 8 heteroatoms. The maximum atomic E-state index is 13.2. The van der Waals surface area contributed by atoms with Gasteiger partial charge in [-0.2, -0.15) is 0 Å². The Balaban J connectivity index is 1.38. The van der Waals surface area contributed by atoms with Crippen LogP contribution in [0.4, 0.5) is 0 Å². The van der Waals surface area contributed by atoms with E-state index >= 15 is 0 Å². The molecule has 0 bridgehead atoms. The van der Waals surface area contributed by atoms with E-state index in [1.165, 1.54) is 0 Å². The number of thiocarbonyl (C=S) groups is 1. The van der Waals surface area contributed by atoms with Crippen molar-refractivity contribution in [2.75, 3.05) is 0 Å². The number of nitrogens with zero attached hydrogens (tertiary/aromatic N) is 2. The van der Waals surface area contributed by atoms with Gasteiger partial charge in [0, 0.05) is 16.0 Å². The second kappa shape index (κ2) is 8.97. The molecule has 162 valence electrons. The van der Waals surface area contributed by atoms with E-state index in [9.17, 15) is 4.79 Å². The first-order valence-corrected chi connectivity index (χ1v) is 11.0. The van der Waals surface area contributed by atoms with Gasteiger partial charge in [-0.15, -0.1) is 0 Å². The number of pyridine rings is 1. The van der Waals surface area contributed by atoms with Crippen molar-refractivity contribution in [3.8, 4) is 11.3 Å². The lowest BCUT2D eigenvalue weighted by atomic mass is 10.0. The van der Waals surface area contributed by atoms with Crippen LogP contribution in [0.25, 0.3) is 33.2 Å². The highest BCUT2D eigenvalue weighted by molar-refractivity contribution is 7.80. The normalized spacial score (nSPS) is 10.9. The van der Waals surface area contributed by atoms with Gasteiger partial charge >= 0.3 is 0 Å². The van der Waals surface area contributed by atoms with Crippen molar-refractivity contribution >= 4 is 56.8 Å². The van der Waals surface area contributed by atoms with E-state index in [-0.39, 0.29) is 11.0 Å². The van der Waals surface area contributed by atoms with Crippen molar-refractivity contribution in [2.24, 2.45) is 0 Å². The van der Waals surface area contributed by atoms with Crippen LogP contribution in [0, 0.1) is 0 Å². The maximum absolute atomic E-state index is 13.2. The number of benzene rings is 3. The molecular formula is C25H18ClN5OS. The third-order valence-corrected chi connectivity index (χ3v) is 5.77. The standard InChI is InChI=1S/C25H18ClN5OS/c26-18-9-3-1-8-16(18)22-13-17(15-7-2-4-10-19(15)28-22)24(32)31-25(33)27-14-23-29-20-11-5-6-12-21(20)30-23/h1-13H,14H2,(H,29,30)(H2,27,31,32,33). The van der Waals surface area contributed by atoms with Crippen LogP contribution in [-0.4, -0.2) is 26.0 Å². The van der Waals surface area contributed by atoms with Gasteiger partial charge in [-0.25, -0.2) is 9.97 Å². The lowest BCUT2D eigenvalue weighted by Gasteiger charge is -2.12. The summed E-state index contributed by atoms with van der Waals surface area (Å²) in [6.07, 6.45) is 0. The number of rotatable bonds is 4. The Morgan fingerprint density at radius 1 is 0.939 bits per heavy atom. The molecule has 33 heavy (non-hydrogen) atoms. The largest absolute Gasteiger partial charge is 0.355 e. The molecule has 0 atom stereocenters. The molecule has 0 unspecified atom stereocenters. The molecule has 0 aliphatic rings. The van der Waals surface area contributed by atoms with Gasteiger partial charge in [0.1, 0.15) is 5.82 Å². The predicted octanol–water partition coefficient (Wildman–Crippen LogP) is 5.24. The number of hydrogen-bond donors (Lipinski definition) is 3. The van der Waals surface area contributed by atoms with Gasteiger partial charge in [-0.1, -0.05) is 60.1 Å². The molecule has 1 amide bonds. The average Bonchev–Trinajstić information content (AvgIpc) is 3.25. The highest BCUT2D eigenvalue weighted by Gasteiger charge is 2.16. The summed E-state index contributed by atoms with van der Waals surface area (Å²) >= 11 is 11.7. The number of fused-ring (bicyclic) bond motifs is 2. The number of para-hydroxylation sites is 3. The monoisotopic (exact) mass is 471 g/mol. The molecule has 3 N–H and O–H groups in total. The van der Waals surface area contributed by atoms with E-state index in [1.807, 2.05) is 66.7 Å². The van der Waals surface area contributed by atoms with E-state index < -0.39 is 0 Å². The summed E-state index contributed by atoms with van der Waals surface area (Å²) < 4.78 is 0. The number of aromatic amines is 1. The number of H-pyrrole nitrogens is 1. The zero-order valence-corrected chi connectivity index (χ0v) is 18.9. The Labute approximate surface area is 200 Å². The molecule has 0 aliphatic carbocycles. The summed E-state index contributed by atoms with van der Waals surface area (Å²) in [6, 6.07) is 24.4. The summed E-state index contributed by atoms with van der Waals surface area (Å²) in [5.74, 6) is 0.396. The number of nitrogens with one attached hydrogen (secondary N) is 3. The van der Waals surface area contributed by atoms with Crippen molar-refractivity contribution in [1.29, 1.82) is 0 Å². The Morgan fingerprint density at radius 2 is 1.67 bits per heavy atom. The fraction of sp³-hybridized carbons (Fsp3) is 0.0400. The Morgan fingerprint density at radius 3 is 2.48 bits per heavy atom. The molecule has 0 radical (unpaired) electrons. The summed E-state index contributed by atoms with van der Waals surface area (Å²) in [4.78, 5) is 25.6. The molecule has 0 saturated heterocycles. The minimum absolute atomic E-state index is 0.209. The third-order valence-electron chi connectivity index (χ3n) is 5.19. The van der Waals surface area contributed by atoms with Crippen molar-refractivity contribution in [3.63, 3.8) is 0 Å². The first kappa shape index (κ1) is 21.1. The summed E-state index contributed by atoms with van der Waals surface area (Å²) in [5, 5.41) is 7.30. The molecule has 0 fully saturated rings. The quantitative estimate of drug-likeness (QED) is 0.312. The maximum Gasteiger partial charge on any atom is 0.258 e. The van der Waals surface area contributed by atoms with Crippen LogP contribution in [-0.2, 0) is 6.54 Å². The van der Waals surface area contributed by atoms with Crippen LogP contribution in [0.5, 0.6) is 0 Å². The summed E-state index contributed by atoms with van der Waals surface area (Å²) in [7, 11) is 0. The molecule has 6 nitrogen and oxygen atoms in total. The zero-order valence-electron chi connectivity index (χ0n) is 17.3. The smallest absolute Gasteiger partial charge is 0.258 e. The number of halogens is 1. The molecule has 0 aliphatic heterocycles. The van der Waals surface area contributed by atoms with Crippen molar-refractivity contribution in [1.82, 2.24) is 25.6 Å². The number of carbonyl (C=O) groups excluding carboxylic acids is 1. The first-order valence-electron chi connectivity index (χ1n) is 10.3. The minimum atomic E-state index is -0.330. The van der Waals surface area contributed by atoms with E-state index in [2.05, 4.69) is 20.6 Å². The molecule has 0 saturated carbocycles. The van der Waals surface area contributed by atoms with Crippen LogP contribution in [0.3, 0.4) is 0 Å². The molecule has 5 aromatic rings. The van der Waals surface area contributed by atoms with E-state index in [4.69, 9.17) is 28.8 Å². The summed E-state index contributed by atoms with van der Waals surface area (Å²) in [6.45, 7) is 0.357. The van der Waals surface area contributed by atoms with Crippen LogP contribution in [0.15, 0.2) is 78.9 Å². The molecule has 2 aromatic heterocycles. The van der Waals surface area contributed by atoms with Crippen LogP contribution in [0.2, 0.25) is 5.02 Å². The fourth-order valence-corrected chi connectivity index (χ4v) is 4.04. The number of hydrogen-bond acceptors (Lipinski definition) is 4. The van der Waals surface area contributed by atoms with Gasteiger partial charge in [0.05, 0.1) is 34.4 Å². The van der Waals surface area contributed by atoms with Crippen LogP contribution in [0.1, 0.15) is 16.2 Å². The van der Waals surface area contributed by atoms with Gasteiger partial charge in [0.25, 0.3) is 5.91 Å². The van der Waals surface area contributed by atoms with Crippen molar-refractivity contribution in [3.05, 3.63) is 95.3 Å². The molecular weight excluding hydrogens is 454 g/mol. The van der Waals surface area contributed by atoms with Crippen LogP contribution < -0.4 is 10.6 Å². The molecule has 0 spiro atoms. The average molecular weight is 472 g/mol. The van der Waals surface area contributed by atoms with E-state index in [0.717, 1.165) is 27.8 Å². The van der Waals surface area contributed by atoms with Crippen molar-refractivity contribution in [2.45, 2.75) is 6.54 Å². The Hall–Kier alpha value is -3.81. The number of amides is 1. The van der Waals surface area contributed by atoms with E-state index in [0.29, 0.717) is 28.3 Å². The number of carbonyl (C=O) groups is 1. The second-order valence-electron chi connectivity index (χ2n) is 7.39. The lowest BCUT2D eigenvalue weighted by Crippen LogP contribution is -2.39. The topological polar surface area (TPSA) is 82.7 Å². The predicted molar refractivity (Wildman–Crippen MR) is 135 cm³/mol. The molecule has 5 rings (SSSR count). The van der Waals surface area contributed by atoms with Gasteiger partial charge in [-0.05, 0) is 42.5 Å². The van der Waals surface area contributed by atoms with Gasteiger partial charge in [-0.3, -0.25) is 10.1 Å². The molecule has 3 aromatic carbocycles. The lowest BCUT2D eigenvalue weighted by molar-refractivity contribution is 0.0978. The fourth-order valence-electron chi connectivity index (χ4n) is 3.64. The van der Waals surface area contributed by atoms with Gasteiger partial charge in [0.2, 0.25) is 0 Å². The second-order valence-corrected chi connectivity index (χ2v) is 8.20. The van der Waals surface area contributed by atoms with Crippen molar-refractivity contribution < 1.29 is 4.79 Å². The summed E-state index contributed by atoms with van der Waals surface area (Å²) in [5.41, 5.74) is 4.35. The highest BCUT2D eigenvalue weighted by Crippen LogP contribution is 2.29. The minimum Gasteiger partial charge on any atom is -0.355 e. The highest BCUT2D eigenvalue weighted by atomic mass is 35.5. The SMILES string of the molecule is O=C(NC(=S)NCc1nc2ccccc2[nH]1)c1cc(-c2ccccc2Cl)nc2ccccc12. The Bertz CT molecular complexity index is 1480. The van der Waals surface area contributed by atoms with E-state index in [1.54, 1.807) is 12.1 Å². The Kier molecular flexibility index (Phi) is 5.73.